The predicted octanol–water partition coefficient (Wildman–Crippen LogP) is 2.50. The molecule has 0 aliphatic carbocycles. The summed E-state index contributed by atoms with van der Waals surface area (Å²) >= 11 is 0. The number of hydrogen-bond acceptors (Lipinski definition) is 2. The van der Waals surface area contributed by atoms with Crippen LogP contribution in [0.2, 0.25) is 0 Å². The molecule has 0 spiro atoms. The third kappa shape index (κ3) is 4.24. The van der Waals surface area contributed by atoms with Crippen LogP contribution in [0.4, 0.5) is 17.6 Å². The second-order valence-electron chi connectivity index (χ2n) is 5.84. The topological polar surface area (TPSA) is 49.4 Å². The smallest absolute Gasteiger partial charge is 0.324 e. The summed E-state index contributed by atoms with van der Waals surface area (Å²) in [6, 6.07) is 6.40. The van der Waals surface area contributed by atoms with Crippen molar-refractivity contribution in [3.05, 3.63) is 35.4 Å². The Balaban J connectivity index is 2.01. The Bertz CT molecular complexity index is 605. The maximum atomic E-state index is 12.9. The molecular formula is C16H18F4N2O2. The van der Waals surface area contributed by atoms with Crippen molar-refractivity contribution in [2.45, 2.75) is 44.7 Å². The summed E-state index contributed by atoms with van der Waals surface area (Å²) in [5, 5.41) is 1.83. The van der Waals surface area contributed by atoms with Crippen LogP contribution in [-0.2, 0) is 16.1 Å². The molecule has 4 nitrogen and oxygen atoms in total. The molecule has 0 radical (unpaired) electrons. The van der Waals surface area contributed by atoms with Crippen LogP contribution < -0.4 is 5.32 Å². The third-order valence-electron chi connectivity index (χ3n) is 3.92. The predicted molar refractivity (Wildman–Crippen MR) is 78.7 cm³/mol. The lowest BCUT2D eigenvalue weighted by Gasteiger charge is -2.25. The Morgan fingerprint density at radius 1 is 1.33 bits per heavy atom. The van der Waals surface area contributed by atoms with Crippen molar-refractivity contribution in [1.82, 2.24) is 10.2 Å². The fraction of sp³-hybridized carbons (Fsp3) is 0.500. The maximum Gasteiger partial charge on any atom is 0.324 e. The van der Waals surface area contributed by atoms with Gasteiger partial charge in [-0.25, -0.2) is 8.78 Å². The molecule has 1 aliphatic heterocycles. The molecule has 1 aromatic rings. The molecule has 0 bridgehead atoms. The monoisotopic (exact) mass is 346 g/mol. The molecule has 2 amide bonds. The first-order valence-corrected chi connectivity index (χ1v) is 7.49. The number of alkyl halides is 4. The zero-order valence-electron chi connectivity index (χ0n) is 13.1. The summed E-state index contributed by atoms with van der Waals surface area (Å²) in [4.78, 5) is 25.3. The number of hydrogen-bond donors (Lipinski definition) is 1. The third-order valence-corrected chi connectivity index (χ3v) is 3.92. The fourth-order valence-corrected chi connectivity index (χ4v) is 2.49. The number of nitrogens with one attached hydrogen (secondary N) is 1. The first kappa shape index (κ1) is 18.2. The van der Waals surface area contributed by atoms with Crippen LogP contribution >= 0.6 is 0 Å². The Kier molecular flexibility index (Phi) is 5.46. The number of amides is 2. The lowest BCUT2D eigenvalue weighted by molar-refractivity contribution is -0.142. The average molecular weight is 346 g/mol. The molecule has 1 fully saturated rings. The van der Waals surface area contributed by atoms with Gasteiger partial charge in [0.15, 0.2) is 0 Å². The van der Waals surface area contributed by atoms with Gasteiger partial charge in [0, 0.05) is 13.0 Å². The van der Waals surface area contributed by atoms with Crippen LogP contribution in [0.25, 0.3) is 0 Å². The number of rotatable bonds is 6. The van der Waals surface area contributed by atoms with Gasteiger partial charge in [-0.2, -0.15) is 8.78 Å². The van der Waals surface area contributed by atoms with E-state index >= 15 is 0 Å². The van der Waals surface area contributed by atoms with Gasteiger partial charge in [0.25, 0.3) is 0 Å². The van der Waals surface area contributed by atoms with Crippen LogP contribution in [0.1, 0.15) is 24.0 Å². The second kappa shape index (κ2) is 7.19. The molecule has 1 aromatic carbocycles. The van der Waals surface area contributed by atoms with Crippen LogP contribution in [0.3, 0.4) is 0 Å². The molecule has 24 heavy (non-hydrogen) atoms. The molecule has 0 unspecified atom stereocenters. The minimum Gasteiger partial charge on any atom is -0.348 e. The first-order chi connectivity index (χ1) is 11.2. The summed E-state index contributed by atoms with van der Waals surface area (Å²) in [7, 11) is 0. The van der Waals surface area contributed by atoms with E-state index in [-0.39, 0.29) is 25.3 Å². The summed E-state index contributed by atoms with van der Waals surface area (Å²) in [5.41, 5.74) is 1.83. The standard InChI is InChI=1S/C16H18F4N2O2/c1-10-2-4-11(5-3-10)8-22-12(6-7-13(22)23)14(24)21-9-16(19,20)15(17)18/h2-5,12,15H,6-9H2,1H3,(H,21,24)/t12-/m0/s1. The Morgan fingerprint density at radius 2 is 1.96 bits per heavy atom. The van der Waals surface area contributed by atoms with Crippen molar-refractivity contribution in [3.63, 3.8) is 0 Å². The van der Waals surface area contributed by atoms with Crippen molar-refractivity contribution in [1.29, 1.82) is 0 Å². The molecule has 1 heterocycles. The summed E-state index contributed by atoms with van der Waals surface area (Å²) < 4.78 is 50.1. The molecule has 132 valence electrons. The van der Waals surface area contributed by atoms with Crippen molar-refractivity contribution in [2.75, 3.05) is 6.54 Å². The van der Waals surface area contributed by atoms with Gasteiger partial charge >= 0.3 is 12.3 Å². The summed E-state index contributed by atoms with van der Waals surface area (Å²) in [6.07, 6.45) is -3.56. The van der Waals surface area contributed by atoms with E-state index in [1.807, 2.05) is 24.4 Å². The molecule has 0 aromatic heterocycles. The van der Waals surface area contributed by atoms with Gasteiger partial charge < -0.3 is 10.2 Å². The Labute approximate surface area is 136 Å². The number of carbonyl (C=O) groups is 2. The van der Waals surface area contributed by atoms with E-state index in [4.69, 9.17) is 0 Å². The molecule has 0 saturated carbocycles. The number of likely N-dealkylation sites (tertiary alicyclic amines) is 1. The van der Waals surface area contributed by atoms with Crippen molar-refractivity contribution in [3.8, 4) is 0 Å². The highest BCUT2D eigenvalue weighted by atomic mass is 19.3. The first-order valence-electron chi connectivity index (χ1n) is 7.49. The molecule has 1 saturated heterocycles. The van der Waals surface area contributed by atoms with Crippen molar-refractivity contribution >= 4 is 11.8 Å². The van der Waals surface area contributed by atoms with Gasteiger partial charge in [-0.3, -0.25) is 9.59 Å². The van der Waals surface area contributed by atoms with E-state index in [0.29, 0.717) is 0 Å². The lowest BCUT2D eigenvalue weighted by atomic mass is 10.1. The van der Waals surface area contributed by atoms with Crippen LogP contribution in [-0.4, -0.2) is 41.6 Å². The van der Waals surface area contributed by atoms with E-state index in [0.717, 1.165) is 11.1 Å². The van der Waals surface area contributed by atoms with Gasteiger partial charge in [0.05, 0.1) is 6.54 Å². The number of benzene rings is 1. The van der Waals surface area contributed by atoms with E-state index in [2.05, 4.69) is 0 Å². The second-order valence-corrected chi connectivity index (χ2v) is 5.84. The average Bonchev–Trinajstić information content (AvgIpc) is 2.88. The Hall–Kier alpha value is -2.12. The molecule has 2 rings (SSSR count). The zero-order valence-corrected chi connectivity index (χ0v) is 13.1. The van der Waals surface area contributed by atoms with E-state index in [1.165, 1.54) is 4.90 Å². The number of carbonyl (C=O) groups excluding carboxylic acids is 2. The highest BCUT2D eigenvalue weighted by Gasteiger charge is 2.42. The van der Waals surface area contributed by atoms with Crippen LogP contribution in [0, 0.1) is 6.92 Å². The van der Waals surface area contributed by atoms with E-state index in [1.54, 1.807) is 12.1 Å². The number of halogens is 4. The van der Waals surface area contributed by atoms with Crippen molar-refractivity contribution in [2.24, 2.45) is 0 Å². The van der Waals surface area contributed by atoms with Crippen molar-refractivity contribution < 1.29 is 27.2 Å². The zero-order chi connectivity index (χ0) is 17.9. The molecular weight excluding hydrogens is 328 g/mol. The summed E-state index contributed by atoms with van der Waals surface area (Å²) in [5.74, 6) is -5.40. The molecule has 1 aliphatic rings. The van der Waals surface area contributed by atoms with Gasteiger partial charge in [0.1, 0.15) is 6.04 Å². The van der Waals surface area contributed by atoms with Gasteiger partial charge in [-0.1, -0.05) is 29.8 Å². The van der Waals surface area contributed by atoms with Crippen LogP contribution in [0.5, 0.6) is 0 Å². The fourth-order valence-electron chi connectivity index (χ4n) is 2.49. The number of nitrogens with zero attached hydrogens (tertiary/aromatic N) is 1. The largest absolute Gasteiger partial charge is 0.348 e. The lowest BCUT2D eigenvalue weighted by Crippen LogP contribution is -2.49. The SMILES string of the molecule is Cc1ccc(CN2C(=O)CC[C@H]2C(=O)NCC(F)(F)C(F)F)cc1. The van der Waals surface area contributed by atoms with Gasteiger partial charge in [0.2, 0.25) is 11.8 Å². The number of aryl methyl sites for hydroxylation is 1. The highest BCUT2D eigenvalue weighted by molar-refractivity contribution is 5.90. The minimum absolute atomic E-state index is 0.120. The van der Waals surface area contributed by atoms with Gasteiger partial charge in [-0.05, 0) is 18.9 Å². The molecule has 8 heteroatoms. The normalized spacial score (nSPS) is 18.3. The van der Waals surface area contributed by atoms with E-state index in [9.17, 15) is 27.2 Å². The van der Waals surface area contributed by atoms with Gasteiger partial charge in [-0.15, -0.1) is 0 Å². The molecule has 1 atom stereocenters. The summed E-state index contributed by atoms with van der Waals surface area (Å²) in [6.45, 7) is 0.624. The van der Waals surface area contributed by atoms with Crippen LogP contribution in [0.15, 0.2) is 24.3 Å². The molecule has 1 N–H and O–H groups in total. The maximum absolute atomic E-state index is 12.9. The highest BCUT2D eigenvalue weighted by Crippen LogP contribution is 2.24. The Morgan fingerprint density at radius 3 is 2.54 bits per heavy atom. The quantitative estimate of drug-likeness (QED) is 0.805. The van der Waals surface area contributed by atoms with E-state index < -0.39 is 30.8 Å². The minimum atomic E-state index is -4.29.